The Morgan fingerprint density at radius 2 is 1.59 bits per heavy atom. The van der Waals surface area contributed by atoms with Gasteiger partial charge in [0.05, 0.1) is 0 Å². The van der Waals surface area contributed by atoms with Crippen molar-refractivity contribution in [1.29, 1.82) is 0 Å². The number of aliphatic imine (C=N–C) groups is 1. The van der Waals surface area contributed by atoms with E-state index in [0.29, 0.717) is 29.7 Å². The number of rotatable bonds is 6. The van der Waals surface area contributed by atoms with E-state index >= 15 is 0 Å². The Morgan fingerprint density at radius 1 is 1.03 bits per heavy atom. The molecule has 7 nitrogen and oxygen atoms in total. The average molecular weight is 555 g/mol. The van der Waals surface area contributed by atoms with E-state index in [4.69, 9.17) is 0 Å². The third kappa shape index (κ3) is 8.02. The van der Waals surface area contributed by atoms with E-state index < -0.39 is 15.5 Å². The molecule has 12 heteroatoms. The van der Waals surface area contributed by atoms with Crippen molar-refractivity contribution in [3.05, 3.63) is 0 Å². The summed E-state index contributed by atoms with van der Waals surface area (Å²) in [5.41, 5.74) is -5.22. The fourth-order valence-electron chi connectivity index (χ4n) is 3.71. The lowest BCUT2D eigenvalue weighted by molar-refractivity contribution is -0.0496. The van der Waals surface area contributed by atoms with Crippen molar-refractivity contribution < 1.29 is 21.6 Å². The van der Waals surface area contributed by atoms with Crippen LogP contribution in [0.25, 0.3) is 0 Å². The molecule has 2 fully saturated rings. The first-order valence-corrected chi connectivity index (χ1v) is 11.3. The van der Waals surface area contributed by atoms with Gasteiger partial charge in [0.15, 0.2) is 5.96 Å². The van der Waals surface area contributed by atoms with Gasteiger partial charge in [0.1, 0.15) is 0 Å². The Bertz CT molecular complexity index is 617. The minimum absolute atomic E-state index is 0. The van der Waals surface area contributed by atoms with Gasteiger partial charge in [0.25, 0.3) is 0 Å². The van der Waals surface area contributed by atoms with Crippen LogP contribution >= 0.6 is 24.0 Å². The summed E-state index contributed by atoms with van der Waals surface area (Å²) in [4.78, 5) is 6.53. The number of alkyl halides is 3. The SMILES string of the molecule is CN=C(NCCC1CCN(C)CC1)NCC1CCN(S(=O)(=O)C(F)(F)F)CC1.I. The Morgan fingerprint density at radius 3 is 2.10 bits per heavy atom. The summed E-state index contributed by atoms with van der Waals surface area (Å²) in [5, 5.41) is 6.50. The zero-order chi connectivity index (χ0) is 20.8. The topological polar surface area (TPSA) is 77.0 Å². The van der Waals surface area contributed by atoms with E-state index in [1.807, 2.05) is 0 Å². The van der Waals surface area contributed by atoms with E-state index in [1.54, 1.807) is 7.05 Å². The quantitative estimate of drug-likeness (QED) is 0.298. The molecule has 0 unspecified atom stereocenters. The number of piperidine rings is 2. The van der Waals surface area contributed by atoms with E-state index in [2.05, 4.69) is 27.6 Å². The number of hydrogen-bond acceptors (Lipinski definition) is 4. The van der Waals surface area contributed by atoms with E-state index in [1.165, 1.54) is 12.8 Å². The molecule has 0 aromatic heterocycles. The van der Waals surface area contributed by atoms with E-state index in [0.717, 1.165) is 32.0 Å². The maximum absolute atomic E-state index is 12.6. The fraction of sp³-hybridized carbons (Fsp3) is 0.941. The molecular formula is C17H33F3IN5O2S. The first-order chi connectivity index (χ1) is 13.1. The molecule has 0 aromatic carbocycles. The summed E-state index contributed by atoms with van der Waals surface area (Å²) in [6, 6.07) is 0. The van der Waals surface area contributed by atoms with Crippen molar-refractivity contribution in [3.63, 3.8) is 0 Å². The van der Waals surface area contributed by atoms with E-state index in [9.17, 15) is 21.6 Å². The molecule has 0 saturated carbocycles. The van der Waals surface area contributed by atoms with Crippen LogP contribution in [-0.4, -0.2) is 82.5 Å². The molecule has 2 aliphatic heterocycles. The lowest BCUT2D eigenvalue weighted by Gasteiger charge is -2.32. The number of nitrogens with one attached hydrogen (secondary N) is 2. The second kappa shape index (κ2) is 11.9. The van der Waals surface area contributed by atoms with Crippen molar-refractivity contribution in [3.8, 4) is 0 Å². The molecule has 0 radical (unpaired) electrons. The van der Waals surface area contributed by atoms with Gasteiger partial charge in [-0.1, -0.05) is 0 Å². The highest BCUT2D eigenvalue weighted by Crippen LogP contribution is 2.30. The van der Waals surface area contributed by atoms with Gasteiger partial charge < -0.3 is 15.5 Å². The van der Waals surface area contributed by atoms with Crippen LogP contribution in [0, 0.1) is 11.8 Å². The summed E-state index contributed by atoms with van der Waals surface area (Å²) < 4.78 is 61.3. The smallest absolute Gasteiger partial charge is 0.356 e. The van der Waals surface area contributed by atoms with Crippen LogP contribution in [0.15, 0.2) is 4.99 Å². The highest BCUT2D eigenvalue weighted by molar-refractivity contribution is 14.0. The molecule has 2 rings (SSSR count). The molecule has 0 aliphatic carbocycles. The van der Waals surface area contributed by atoms with Crippen LogP contribution in [0.1, 0.15) is 32.1 Å². The third-order valence-corrected chi connectivity index (χ3v) is 7.30. The predicted molar refractivity (Wildman–Crippen MR) is 119 cm³/mol. The van der Waals surface area contributed by atoms with Gasteiger partial charge in [0, 0.05) is 33.2 Å². The van der Waals surface area contributed by atoms with Gasteiger partial charge >= 0.3 is 15.5 Å². The number of likely N-dealkylation sites (tertiary alicyclic amines) is 1. The van der Waals surface area contributed by atoms with Crippen molar-refractivity contribution >= 4 is 40.0 Å². The summed E-state index contributed by atoms with van der Waals surface area (Å²) in [6.45, 7) is 3.47. The molecule has 2 N–H and O–H groups in total. The summed E-state index contributed by atoms with van der Waals surface area (Å²) >= 11 is 0. The van der Waals surface area contributed by atoms with Crippen molar-refractivity contribution in [2.75, 3.05) is 53.4 Å². The number of hydrogen-bond donors (Lipinski definition) is 2. The Kier molecular flexibility index (Phi) is 10.9. The van der Waals surface area contributed by atoms with Crippen LogP contribution < -0.4 is 10.6 Å². The van der Waals surface area contributed by atoms with Gasteiger partial charge in [-0.15, -0.1) is 24.0 Å². The normalized spacial score (nSPS) is 21.6. The number of guanidine groups is 1. The van der Waals surface area contributed by atoms with Crippen LogP contribution in [0.4, 0.5) is 13.2 Å². The monoisotopic (exact) mass is 555 g/mol. The lowest BCUT2D eigenvalue weighted by atomic mass is 9.94. The number of nitrogens with zero attached hydrogens (tertiary/aromatic N) is 3. The van der Waals surface area contributed by atoms with Crippen LogP contribution in [0.5, 0.6) is 0 Å². The summed E-state index contributed by atoms with van der Waals surface area (Å²) in [6.07, 6.45) is 4.30. The van der Waals surface area contributed by atoms with E-state index in [-0.39, 0.29) is 43.0 Å². The minimum Gasteiger partial charge on any atom is -0.356 e. The molecular weight excluding hydrogens is 522 g/mol. The summed E-state index contributed by atoms with van der Waals surface area (Å²) in [7, 11) is -1.39. The molecule has 0 spiro atoms. The highest BCUT2D eigenvalue weighted by Gasteiger charge is 2.50. The zero-order valence-corrected chi connectivity index (χ0v) is 20.2. The maximum Gasteiger partial charge on any atom is 0.511 e. The van der Waals surface area contributed by atoms with Gasteiger partial charge in [-0.05, 0) is 64.1 Å². The van der Waals surface area contributed by atoms with Crippen LogP contribution in [0.2, 0.25) is 0 Å². The molecule has 2 saturated heterocycles. The second-order valence-corrected chi connectivity index (χ2v) is 9.64. The van der Waals surface area contributed by atoms with Crippen LogP contribution in [0.3, 0.4) is 0 Å². The Hall–Kier alpha value is -0.340. The van der Waals surface area contributed by atoms with Gasteiger partial charge in [-0.2, -0.15) is 17.5 Å². The third-order valence-electron chi connectivity index (χ3n) is 5.67. The molecule has 29 heavy (non-hydrogen) atoms. The Labute approximate surface area is 188 Å². The fourth-order valence-corrected chi connectivity index (χ4v) is 4.69. The zero-order valence-electron chi connectivity index (χ0n) is 17.0. The van der Waals surface area contributed by atoms with Crippen molar-refractivity contribution in [2.24, 2.45) is 16.8 Å². The van der Waals surface area contributed by atoms with Gasteiger partial charge in [-0.25, -0.2) is 8.42 Å². The molecule has 2 aliphatic rings. The molecule has 2 heterocycles. The first-order valence-electron chi connectivity index (χ1n) is 9.83. The predicted octanol–water partition coefficient (Wildman–Crippen LogP) is 2.06. The first kappa shape index (κ1) is 26.7. The number of sulfonamides is 1. The molecule has 0 bridgehead atoms. The Balaban J connectivity index is 0.00000420. The summed E-state index contributed by atoms with van der Waals surface area (Å²) in [5.74, 6) is 1.52. The number of halogens is 4. The maximum atomic E-state index is 12.6. The van der Waals surface area contributed by atoms with Crippen molar-refractivity contribution in [2.45, 2.75) is 37.6 Å². The van der Waals surface area contributed by atoms with Crippen molar-refractivity contribution in [1.82, 2.24) is 19.8 Å². The largest absolute Gasteiger partial charge is 0.511 e. The molecule has 0 atom stereocenters. The molecule has 0 amide bonds. The minimum atomic E-state index is -5.22. The lowest BCUT2D eigenvalue weighted by Crippen LogP contribution is -2.47. The second-order valence-electron chi connectivity index (χ2n) is 7.71. The highest BCUT2D eigenvalue weighted by atomic mass is 127. The average Bonchev–Trinajstić information content (AvgIpc) is 2.65. The molecule has 172 valence electrons. The van der Waals surface area contributed by atoms with Crippen LogP contribution in [-0.2, 0) is 10.0 Å². The van der Waals surface area contributed by atoms with Gasteiger partial charge in [-0.3, -0.25) is 4.99 Å². The standard InChI is InChI=1S/C17H32F3N5O2S.HI/c1-21-16(22-8-3-14-4-9-24(2)10-5-14)23-13-15-6-11-25(12-7-15)28(26,27)17(18,19)20;/h14-15H,3-13H2,1-2H3,(H2,21,22,23);1H. The van der Waals surface area contributed by atoms with Gasteiger partial charge in [0.2, 0.25) is 0 Å². The molecule has 0 aromatic rings.